The Balaban J connectivity index is 2.02. The number of ketones is 1. The zero-order valence-electron chi connectivity index (χ0n) is 17.3. The van der Waals surface area contributed by atoms with Gasteiger partial charge in [-0.05, 0) is 30.7 Å². The smallest absolute Gasteiger partial charge is 0.354 e. The van der Waals surface area contributed by atoms with Crippen LogP contribution in [-0.2, 0) is 4.79 Å². The molecule has 0 atom stereocenters. The van der Waals surface area contributed by atoms with Gasteiger partial charge in [-0.2, -0.15) is 0 Å². The Morgan fingerprint density at radius 1 is 0.812 bits per heavy atom. The lowest BCUT2D eigenvalue weighted by molar-refractivity contribution is -0.121. The standard InChI is InChI=1S/C23H21N3O6/c1-2-3-6-14(27)13-32-15-11-20(16-7-4-9-18(24-16)22(28)29)26-21(12-15)17-8-5-10-19(25-17)23(30)31/h4-5,7-12H,2-3,6,13H2,1H3,(H,28,29)(H,30,31). The first-order valence-corrected chi connectivity index (χ1v) is 9.95. The van der Waals surface area contributed by atoms with E-state index in [1.54, 1.807) is 24.3 Å². The summed E-state index contributed by atoms with van der Waals surface area (Å²) < 4.78 is 5.67. The van der Waals surface area contributed by atoms with E-state index in [2.05, 4.69) is 15.0 Å². The second kappa shape index (κ2) is 10.3. The van der Waals surface area contributed by atoms with Gasteiger partial charge in [0.25, 0.3) is 0 Å². The van der Waals surface area contributed by atoms with Gasteiger partial charge >= 0.3 is 11.9 Å². The Morgan fingerprint density at radius 2 is 1.34 bits per heavy atom. The topological polar surface area (TPSA) is 140 Å². The minimum absolute atomic E-state index is 0.0521. The number of aromatic carboxylic acids is 2. The fourth-order valence-electron chi connectivity index (χ4n) is 2.85. The number of ether oxygens (including phenoxy) is 1. The van der Waals surface area contributed by atoms with Gasteiger partial charge in [0.15, 0.2) is 5.78 Å². The molecule has 9 heteroatoms. The number of carboxylic acid groups (broad SMARTS) is 2. The van der Waals surface area contributed by atoms with E-state index < -0.39 is 11.9 Å². The number of nitrogens with zero attached hydrogens (tertiary/aromatic N) is 3. The molecule has 0 spiro atoms. The average molecular weight is 435 g/mol. The maximum Gasteiger partial charge on any atom is 0.354 e. The molecule has 2 N–H and O–H groups in total. The third-order valence-electron chi connectivity index (χ3n) is 4.47. The maximum atomic E-state index is 12.0. The van der Waals surface area contributed by atoms with Crippen molar-refractivity contribution in [3.8, 4) is 28.5 Å². The summed E-state index contributed by atoms with van der Waals surface area (Å²) in [5, 5.41) is 18.5. The molecule has 3 aromatic rings. The molecule has 0 amide bonds. The van der Waals surface area contributed by atoms with Crippen molar-refractivity contribution in [3.05, 3.63) is 59.9 Å². The molecular formula is C23H21N3O6. The molecule has 0 aliphatic heterocycles. The Kier molecular flexibility index (Phi) is 7.22. The predicted molar refractivity (Wildman–Crippen MR) is 115 cm³/mol. The fraction of sp³-hybridized carbons (Fsp3) is 0.217. The SMILES string of the molecule is CCCCC(=O)COc1cc(-c2cccc(C(=O)O)n2)nc(-c2cccc(C(=O)O)n2)c1. The van der Waals surface area contributed by atoms with Crippen LogP contribution in [0.5, 0.6) is 5.75 Å². The van der Waals surface area contributed by atoms with E-state index in [0.29, 0.717) is 23.6 Å². The van der Waals surface area contributed by atoms with Gasteiger partial charge < -0.3 is 14.9 Å². The number of carbonyl (C=O) groups excluding carboxylic acids is 1. The van der Waals surface area contributed by atoms with Crippen molar-refractivity contribution in [2.24, 2.45) is 0 Å². The van der Waals surface area contributed by atoms with Gasteiger partial charge in [-0.15, -0.1) is 0 Å². The minimum atomic E-state index is -1.18. The van der Waals surface area contributed by atoms with Gasteiger partial charge in [-0.1, -0.05) is 25.5 Å². The first-order valence-electron chi connectivity index (χ1n) is 9.95. The molecule has 3 rings (SSSR count). The van der Waals surface area contributed by atoms with E-state index in [-0.39, 0.29) is 35.2 Å². The molecule has 0 radical (unpaired) electrons. The van der Waals surface area contributed by atoms with Crippen molar-refractivity contribution in [2.75, 3.05) is 6.61 Å². The third kappa shape index (κ3) is 5.72. The lowest BCUT2D eigenvalue weighted by atomic mass is 10.1. The monoisotopic (exact) mass is 435 g/mol. The molecule has 9 nitrogen and oxygen atoms in total. The van der Waals surface area contributed by atoms with Crippen LogP contribution < -0.4 is 4.74 Å². The van der Waals surface area contributed by atoms with Crippen LogP contribution >= 0.6 is 0 Å². The number of aromatic nitrogens is 3. The zero-order chi connectivity index (χ0) is 23.1. The number of Topliss-reactive ketones (excluding diaryl/α,β-unsaturated/α-hetero) is 1. The number of hydrogen-bond acceptors (Lipinski definition) is 7. The van der Waals surface area contributed by atoms with E-state index in [9.17, 15) is 24.6 Å². The highest BCUT2D eigenvalue weighted by atomic mass is 16.5. The molecule has 0 saturated carbocycles. The van der Waals surface area contributed by atoms with E-state index in [0.717, 1.165) is 12.8 Å². The Morgan fingerprint density at radius 3 is 1.81 bits per heavy atom. The Hall–Kier alpha value is -4.14. The van der Waals surface area contributed by atoms with Gasteiger partial charge in [0.05, 0.1) is 22.8 Å². The van der Waals surface area contributed by atoms with E-state index >= 15 is 0 Å². The summed E-state index contributed by atoms with van der Waals surface area (Å²) in [6, 6.07) is 12.1. The zero-order valence-corrected chi connectivity index (χ0v) is 17.3. The van der Waals surface area contributed by atoms with Crippen molar-refractivity contribution in [1.82, 2.24) is 15.0 Å². The van der Waals surface area contributed by atoms with Crippen LogP contribution in [0.4, 0.5) is 0 Å². The second-order valence-electron chi connectivity index (χ2n) is 6.93. The van der Waals surface area contributed by atoms with Crippen LogP contribution in [0.1, 0.15) is 47.2 Å². The lowest BCUT2D eigenvalue weighted by Crippen LogP contribution is -2.11. The number of hydrogen-bond donors (Lipinski definition) is 2. The molecule has 0 aliphatic rings. The molecule has 0 saturated heterocycles. The normalized spacial score (nSPS) is 10.5. The fourth-order valence-corrected chi connectivity index (χ4v) is 2.85. The van der Waals surface area contributed by atoms with Gasteiger partial charge in [-0.25, -0.2) is 24.5 Å². The number of rotatable bonds is 10. The lowest BCUT2D eigenvalue weighted by Gasteiger charge is -2.11. The summed E-state index contributed by atoms with van der Waals surface area (Å²) >= 11 is 0. The summed E-state index contributed by atoms with van der Waals surface area (Å²) in [6.45, 7) is 1.86. The highest BCUT2D eigenvalue weighted by molar-refractivity contribution is 5.87. The van der Waals surface area contributed by atoms with Crippen molar-refractivity contribution in [2.45, 2.75) is 26.2 Å². The van der Waals surface area contributed by atoms with Crippen LogP contribution in [0.25, 0.3) is 22.8 Å². The molecule has 0 fully saturated rings. The van der Waals surface area contributed by atoms with Gasteiger partial charge in [0.1, 0.15) is 23.7 Å². The number of carboxylic acids is 2. The number of carbonyl (C=O) groups is 3. The Bertz CT molecular complexity index is 1090. The average Bonchev–Trinajstić information content (AvgIpc) is 2.81. The molecule has 3 aromatic heterocycles. The van der Waals surface area contributed by atoms with Crippen LogP contribution in [0.3, 0.4) is 0 Å². The van der Waals surface area contributed by atoms with Crippen molar-refractivity contribution in [1.29, 1.82) is 0 Å². The summed E-state index contributed by atoms with van der Waals surface area (Å²) in [4.78, 5) is 47.3. The molecular weight excluding hydrogens is 414 g/mol. The third-order valence-corrected chi connectivity index (χ3v) is 4.47. The van der Waals surface area contributed by atoms with Crippen LogP contribution in [0.15, 0.2) is 48.5 Å². The first-order chi connectivity index (χ1) is 15.4. The van der Waals surface area contributed by atoms with Crippen molar-refractivity contribution < 1.29 is 29.3 Å². The van der Waals surface area contributed by atoms with Crippen molar-refractivity contribution >= 4 is 17.7 Å². The van der Waals surface area contributed by atoms with E-state index in [1.807, 2.05) is 6.92 Å². The van der Waals surface area contributed by atoms with Crippen molar-refractivity contribution in [3.63, 3.8) is 0 Å². The first kappa shape index (κ1) is 22.5. The van der Waals surface area contributed by atoms with Gasteiger partial charge in [-0.3, -0.25) is 4.79 Å². The predicted octanol–water partition coefficient (Wildman–Crippen LogP) is 3.74. The second-order valence-corrected chi connectivity index (χ2v) is 6.93. The van der Waals surface area contributed by atoms with Crippen LogP contribution in [0, 0.1) is 0 Å². The number of unbranched alkanes of at least 4 members (excludes halogenated alkanes) is 1. The molecule has 0 unspecified atom stereocenters. The summed E-state index contributed by atoms with van der Waals surface area (Å²) in [7, 11) is 0. The largest absolute Gasteiger partial charge is 0.486 e. The highest BCUT2D eigenvalue weighted by Gasteiger charge is 2.14. The van der Waals surface area contributed by atoms with Gasteiger partial charge in [0, 0.05) is 18.6 Å². The summed E-state index contributed by atoms with van der Waals surface area (Å²) in [5.74, 6) is -2.11. The maximum absolute atomic E-state index is 12.0. The minimum Gasteiger partial charge on any atom is -0.486 e. The molecule has 0 aliphatic carbocycles. The quantitative estimate of drug-likeness (QED) is 0.487. The molecule has 0 bridgehead atoms. The van der Waals surface area contributed by atoms with Crippen LogP contribution in [-0.4, -0.2) is 49.5 Å². The molecule has 164 valence electrons. The van der Waals surface area contributed by atoms with E-state index in [1.165, 1.54) is 24.3 Å². The van der Waals surface area contributed by atoms with Crippen LogP contribution in [0.2, 0.25) is 0 Å². The molecule has 3 heterocycles. The molecule has 32 heavy (non-hydrogen) atoms. The summed E-state index contributed by atoms with van der Waals surface area (Å²) in [6.07, 6.45) is 2.07. The van der Waals surface area contributed by atoms with Gasteiger partial charge in [0.2, 0.25) is 0 Å². The number of pyridine rings is 3. The Labute approximate surface area is 183 Å². The molecule has 0 aromatic carbocycles. The highest BCUT2D eigenvalue weighted by Crippen LogP contribution is 2.27. The van der Waals surface area contributed by atoms with E-state index in [4.69, 9.17) is 4.74 Å². The summed E-state index contributed by atoms with van der Waals surface area (Å²) in [5.41, 5.74) is 0.843.